The van der Waals surface area contributed by atoms with Crippen LogP contribution in [0, 0.1) is 6.92 Å². The number of hydrogen-bond donors (Lipinski definition) is 3. The smallest absolute Gasteiger partial charge is 0.251 e. The molecule has 0 aliphatic carbocycles. The standard InChI is InChI=1S/C23H32N4O2.HI/c1-5-18(3)27-22(28)20-10-8-19(9-11-20)16-26-23(24-4)25-14-15-29-21-12-6-17(2)7-13-21;/h6-13,18H,5,14-16H2,1-4H3,(H,27,28)(H2,24,25,26);1H. The SMILES string of the molecule is CCC(C)NC(=O)c1ccc(CNC(=NC)NCCOc2ccc(C)cc2)cc1.I. The number of hydrogen-bond acceptors (Lipinski definition) is 3. The Morgan fingerprint density at radius 2 is 1.73 bits per heavy atom. The molecule has 2 aromatic rings. The number of nitrogens with one attached hydrogen (secondary N) is 3. The zero-order valence-corrected chi connectivity index (χ0v) is 20.5. The van der Waals surface area contributed by atoms with Crippen LogP contribution in [-0.4, -0.2) is 38.1 Å². The number of carbonyl (C=O) groups excluding carboxylic acids is 1. The maximum absolute atomic E-state index is 12.1. The van der Waals surface area contributed by atoms with Gasteiger partial charge in [0.1, 0.15) is 12.4 Å². The van der Waals surface area contributed by atoms with Gasteiger partial charge in [-0.1, -0.05) is 36.8 Å². The number of ether oxygens (including phenoxy) is 1. The average Bonchev–Trinajstić information content (AvgIpc) is 2.74. The van der Waals surface area contributed by atoms with Gasteiger partial charge in [0, 0.05) is 25.2 Å². The lowest BCUT2D eigenvalue weighted by Gasteiger charge is -2.13. The molecule has 0 heterocycles. The second kappa shape index (κ2) is 13.8. The molecule has 0 aliphatic heterocycles. The minimum Gasteiger partial charge on any atom is -0.492 e. The molecule has 0 aromatic heterocycles. The summed E-state index contributed by atoms with van der Waals surface area (Å²) in [4.78, 5) is 16.4. The second-order valence-electron chi connectivity index (χ2n) is 6.99. The van der Waals surface area contributed by atoms with Crippen molar-refractivity contribution in [3.05, 3.63) is 65.2 Å². The van der Waals surface area contributed by atoms with Crippen LogP contribution >= 0.6 is 24.0 Å². The van der Waals surface area contributed by atoms with Crippen LogP contribution in [0.4, 0.5) is 0 Å². The van der Waals surface area contributed by atoms with Crippen molar-refractivity contribution in [3.8, 4) is 5.75 Å². The monoisotopic (exact) mass is 524 g/mol. The number of benzene rings is 2. The first-order valence-corrected chi connectivity index (χ1v) is 10.1. The van der Waals surface area contributed by atoms with Gasteiger partial charge in [-0.25, -0.2) is 0 Å². The Hall–Kier alpha value is -2.29. The normalized spacial score (nSPS) is 11.8. The van der Waals surface area contributed by atoms with Gasteiger partial charge in [-0.15, -0.1) is 24.0 Å². The number of amides is 1. The number of rotatable bonds is 9. The summed E-state index contributed by atoms with van der Waals surface area (Å²) in [6.07, 6.45) is 0.913. The van der Waals surface area contributed by atoms with Crippen LogP contribution in [-0.2, 0) is 6.54 Å². The van der Waals surface area contributed by atoms with Gasteiger partial charge in [0.25, 0.3) is 5.91 Å². The summed E-state index contributed by atoms with van der Waals surface area (Å²) in [5.41, 5.74) is 2.96. The number of nitrogens with zero attached hydrogens (tertiary/aromatic N) is 1. The summed E-state index contributed by atoms with van der Waals surface area (Å²) in [5.74, 6) is 1.53. The van der Waals surface area contributed by atoms with Gasteiger partial charge in [0.05, 0.1) is 6.54 Å². The van der Waals surface area contributed by atoms with Crippen LogP contribution in [0.2, 0.25) is 0 Å². The summed E-state index contributed by atoms with van der Waals surface area (Å²) >= 11 is 0. The molecule has 2 rings (SSSR count). The first-order chi connectivity index (χ1) is 14.0. The van der Waals surface area contributed by atoms with Gasteiger partial charge in [-0.2, -0.15) is 0 Å². The number of aliphatic imine (C=N–C) groups is 1. The fraction of sp³-hybridized carbons (Fsp3) is 0.391. The quantitative estimate of drug-likeness (QED) is 0.202. The van der Waals surface area contributed by atoms with Crippen LogP contribution in [0.1, 0.15) is 41.8 Å². The molecule has 164 valence electrons. The predicted molar refractivity (Wildman–Crippen MR) is 134 cm³/mol. The lowest BCUT2D eigenvalue weighted by Crippen LogP contribution is -2.38. The highest BCUT2D eigenvalue weighted by atomic mass is 127. The largest absolute Gasteiger partial charge is 0.492 e. The van der Waals surface area contributed by atoms with E-state index in [1.165, 1.54) is 5.56 Å². The summed E-state index contributed by atoms with van der Waals surface area (Å²) in [6.45, 7) is 7.91. The highest BCUT2D eigenvalue weighted by molar-refractivity contribution is 14.0. The van der Waals surface area contributed by atoms with Crippen molar-refractivity contribution in [2.24, 2.45) is 4.99 Å². The molecule has 1 unspecified atom stereocenters. The molecular formula is C23H33IN4O2. The molecule has 0 spiro atoms. The van der Waals surface area contributed by atoms with Crippen LogP contribution < -0.4 is 20.7 Å². The summed E-state index contributed by atoms with van der Waals surface area (Å²) < 4.78 is 5.71. The van der Waals surface area contributed by atoms with Crippen LogP contribution in [0.5, 0.6) is 5.75 Å². The van der Waals surface area contributed by atoms with E-state index < -0.39 is 0 Å². The number of guanidine groups is 1. The Morgan fingerprint density at radius 1 is 1.07 bits per heavy atom. The van der Waals surface area contributed by atoms with Crippen LogP contribution in [0.25, 0.3) is 0 Å². The fourth-order valence-corrected chi connectivity index (χ4v) is 2.56. The molecular weight excluding hydrogens is 491 g/mol. The van der Waals surface area contributed by atoms with Crippen LogP contribution in [0.3, 0.4) is 0 Å². The zero-order valence-electron chi connectivity index (χ0n) is 18.2. The van der Waals surface area contributed by atoms with Gasteiger partial charge in [0.15, 0.2) is 5.96 Å². The van der Waals surface area contributed by atoms with Gasteiger partial charge in [0.2, 0.25) is 0 Å². The first kappa shape index (κ1) is 25.7. The molecule has 3 N–H and O–H groups in total. The number of carbonyl (C=O) groups is 1. The van der Waals surface area contributed by atoms with Gasteiger partial charge in [-0.3, -0.25) is 9.79 Å². The molecule has 2 aromatic carbocycles. The molecule has 7 heteroatoms. The van der Waals surface area contributed by atoms with Crippen molar-refractivity contribution in [2.75, 3.05) is 20.2 Å². The van der Waals surface area contributed by atoms with E-state index in [1.807, 2.05) is 55.5 Å². The third-order valence-corrected chi connectivity index (χ3v) is 4.57. The molecule has 0 radical (unpaired) electrons. The molecule has 0 fully saturated rings. The van der Waals surface area contributed by atoms with E-state index in [2.05, 4.69) is 34.8 Å². The van der Waals surface area contributed by atoms with Crippen molar-refractivity contribution in [3.63, 3.8) is 0 Å². The fourth-order valence-electron chi connectivity index (χ4n) is 2.56. The summed E-state index contributed by atoms with van der Waals surface area (Å²) in [7, 11) is 1.73. The van der Waals surface area contributed by atoms with Crippen molar-refractivity contribution in [2.45, 2.75) is 39.8 Å². The Labute approximate surface area is 196 Å². The molecule has 1 amide bonds. The van der Waals surface area contributed by atoms with E-state index in [0.29, 0.717) is 31.2 Å². The average molecular weight is 524 g/mol. The Kier molecular flexibility index (Phi) is 11.9. The van der Waals surface area contributed by atoms with Crippen molar-refractivity contribution < 1.29 is 9.53 Å². The zero-order chi connectivity index (χ0) is 21.1. The molecule has 0 saturated carbocycles. The predicted octanol–water partition coefficient (Wildman–Crippen LogP) is 3.89. The molecule has 0 bridgehead atoms. The molecule has 0 saturated heterocycles. The van der Waals surface area contributed by atoms with Crippen molar-refractivity contribution >= 4 is 35.8 Å². The van der Waals surface area contributed by atoms with Crippen LogP contribution in [0.15, 0.2) is 53.5 Å². The van der Waals surface area contributed by atoms with Gasteiger partial charge < -0.3 is 20.7 Å². The number of halogens is 1. The minimum atomic E-state index is -0.0371. The maximum atomic E-state index is 12.1. The van der Waals surface area contributed by atoms with E-state index in [4.69, 9.17) is 4.74 Å². The summed E-state index contributed by atoms with van der Waals surface area (Å²) in [5, 5.41) is 9.47. The minimum absolute atomic E-state index is 0. The van der Waals surface area contributed by atoms with E-state index in [0.717, 1.165) is 17.7 Å². The summed E-state index contributed by atoms with van der Waals surface area (Å²) in [6, 6.07) is 15.8. The van der Waals surface area contributed by atoms with E-state index in [1.54, 1.807) is 7.05 Å². The number of aryl methyl sites for hydroxylation is 1. The van der Waals surface area contributed by atoms with Crippen molar-refractivity contribution in [1.29, 1.82) is 0 Å². The van der Waals surface area contributed by atoms with Gasteiger partial charge in [-0.05, 0) is 50.1 Å². The Balaban J connectivity index is 0.00000450. The molecule has 0 aliphatic rings. The highest BCUT2D eigenvalue weighted by Gasteiger charge is 2.08. The van der Waals surface area contributed by atoms with E-state index in [9.17, 15) is 4.79 Å². The molecule has 1 atom stereocenters. The third-order valence-electron chi connectivity index (χ3n) is 4.57. The topological polar surface area (TPSA) is 74.8 Å². The highest BCUT2D eigenvalue weighted by Crippen LogP contribution is 2.10. The molecule has 6 nitrogen and oxygen atoms in total. The first-order valence-electron chi connectivity index (χ1n) is 10.1. The Bertz CT molecular complexity index is 792. The lowest BCUT2D eigenvalue weighted by atomic mass is 10.1. The second-order valence-corrected chi connectivity index (χ2v) is 6.99. The van der Waals surface area contributed by atoms with Gasteiger partial charge >= 0.3 is 0 Å². The maximum Gasteiger partial charge on any atom is 0.251 e. The van der Waals surface area contributed by atoms with Crippen molar-refractivity contribution in [1.82, 2.24) is 16.0 Å². The lowest BCUT2D eigenvalue weighted by molar-refractivity contribution is 0.0939. The third kappa shape index (κ3) is 9.02. The van der Waals surface area contributed by atoms with E-state index >= 15 is 0 Å². The Morgan fingerprint density at radius 3 is 2.33 bits per heavy atom. The van der Waals surface area contributed by atoms with E-state index in [-0.39, 0.29) is 35.9 Å². The molecule has 30 heavy (non-hydrogen) atoms.